The standard InChI is InChI=1S/C41H50O10Si2/c1-9-52(10-2)35-25-27(5)13-23-33(35)37(42)48-50-39(44)46-31-19-15-29(16-20-31)41(7,8)30-17-21-32(22-18-30)47-40(45)51-49-38(43)34-24-14-28(6)26-36(34)53(11-3)12-4/h9-14,23-26,29-32H,1-4,15-22H2,5-8H3. The Morgan fingerprint density at radius 3 is 1.25 bits per heavy atom. The van der Waals surface area contributed by atoms with E-state index in [1.54, 1.807) is 47.1 Å². The zero-order chi connectivity index (χ0) is 38.7. The van der Waals surface area contributed by atoms with Crippen LogP contribution in [0, 0.1) is 31.1 Å². The maximum absolute atomic E-state index is 12.8. The fourth-order valence-electron chi connectivity index (χ4n) is 7.48. The van der Waals surface area contributed by atoms with E-state index in [2.05, 4.69) is 40.2 Å². The number of ether oxygens (including phenoxy) is 2. The van der Waals surface area contributed by atoms with E-state index in [-0.39, 0.29) is 17.6 Å². The molecule has 0 unspecified atom stereocenters. The Hall–Kier alpha value is -4.69. The minimum atomic E-state index is -1.40. The molecule has 0 spiro atoms. The lowest BCUT2D eigenvalue weighted by molar-refractivity contribution is -0.209. The van der Waals surface area contributed by atoms with Crippen molar-refractivity contribution in [3.05, 3.63) is 108 Å². The topological polar surface area (TPSA) is 124 Å². The van der Waals surface area contributed by atoms with Crippen molar-refractivity contribution in [1.82, 2.24) is 0 Å². The Bertz CT molecular complexity index is 1550. The Labute approximate surface area is 315 Å². The zero-order valence-corrected chi connectivity index (χ0v) is 33.2. The van der Waals surface area contributed by atoms with E-state index in [0.717, 1.165) is 47.2 Å². The highest BCUT2D eigenvalue weighted by atomic mass is 28.3. The molecule has 0 N–H and O–H groups in total. The van der Waals surface area contributed by atoms with Crippen LogP contribution < -0.4 is 10.4 Å². The van der Waals surface area contributed by atoms with Gasteiger partial charge in [0, 0.05) is 0 Å². The number of carbonyl (C=O) groups is 4. The molecule has 0 bridgehead atoms. The van der Waals surface area contributed by atoms with Crippen molar-refractivity contribution in [3.8, 4) is 0 Å². The monoisotopic (exact) mass is 758 g/mol. The number of benzene rings is 2. The minimum Gasteiger partial charge on any atom is -0.428 e. The third kappa shape index (κ3) is 10.7. The van der Waals surface area contributed by atoms with Gasteiger partial charge in [0.1, 0.15) is 29.8 Å². The molecule has 282 valence electrons. The Morgan fingerprint density at radius 2 is 0.925 bits per heavy atom. The van der Waals surface area contributed by atoms with Crippen molar-refractivity contribution in [1.29, 1.82) is 0 Å². The van der Waals surface area contributed by atoms with Crippen LogP contribution in [-0.4, -0.2) is 54.1 Å². The lowest BCUT2D eigenvalue weighted by Gasteiger charge is -2.46. The number of aryl methyl sites for hydroxylation is 2. The van der Waals surface area contributed by atoms with Crippen molar-refractivity contribution in [2.75, 3.05) is 0 Å². The molecule has 0 saturated heterocycles. The second-order valence-corrected chi connectivity index (χ2v) is 18.8. The van der Waals surface area contributed by atoms with Crippen LogP contribution in [0.25, 0.3) is 0 Å². The van der Waals surface area contributed by atoms with E-state index >= 15 is 0 Å². The smallest absolute Gasteiger partial charge is 0.428 e. The molecule has 0 aromatic heterocycles. The molecule has 12 heteroatoms. The summed E-state index contributed by atoms with van der Waals surface area (Å²) in [5.41, 5.74) is 9.61. The number of hydrogen-bond donors (Lipinski definition) is 0. The first-order valence-electron chi connectivity index (χ1n) is 18.0. The molecule has 2 aliphatic carbocycles. The summed E-state index contributed by atoms with van der Waals surface area (Å²) in [7, 11) is -2.79. The molecular formula is C41H50O10Si2. The van der Waals surface area contributed by atoms with Gasteiger partial charge in [-0.1, -0.05) is 72.0 Å². The third-order valence-electron chi connectivity index (χ3n) is 10.6. The molecule has 2 radical (unpaired) electrons. The highest BCUT2D eigenvalue weighted by molar-refractivity contribution is 6.83. The van der Waals surface area contributed by atoms with Gasteiger partial charge in [-0.15, -0.1) is 26.3 Å². The Kier molecular flexibility index (Phi) is 14.6. The molecule has 0 aliphatic heterocycles. The van der Waals surface area contributed by atoms with Gasteiger partial charge in [0.15, 0.2) is 0 Å². The first-order chi connectivity index (χ1) is 25.3. The van der Waals surface area contributed by atoms with Gasteiger partial charge in [-0.25, -0.2) is 29.1 Å². The van der Waals surface area contributed by atoms with Crippen LogP contribution in [0.3, 0.4) is 0 Å². The average Bonchev–Trinajstić information content (AvgIpc) is 3.14. The minimum absolute atomic E-state index is 0.00778. The molecule has 4 rings (SSSR count). The second-order valence-electron chi connectivity index (χ2n) is 14.2. The molecule has 0 atom stereocenters. The largest absolute Gasteiger partial charge is 0.550 e. The van der Waals surface area contributed by atoms with Crippen LogP contribution in [0.5, 0.6) is 0 Å². The summed E-state index contributed by atoms with van der Waals surface area (Å²) in [6.45, 7) is 23.8. The lowest BCUT2D eigenvalue weighted by atomic mass is 9.60. The van der Waals surface area contributed by atoms with E-state index < -0.39 is 41.8 Å². The molecule has 2 saturated carbocycles. The van der Waals surface area contributed by atoms with E-state index in [1.165, 1.54) is 0 Å². The van der Waals surface area contributed by atoms with E-state index in [0.29, 0.717) is 48.6 Å². The van der Waals surface area contributed by atoms with E-state index in [1.807, 2.05) is 26.0 Å². The molecule has 10 nitrogen and oxygen atoms in total. The van der Waals surface area contributed by atoms with Gasteiger partial charge < -0.3 is 9.47 Å². The van der Waals surface area contributed by atoms with Gasteiger partial charge in [-0.2, -0.15) is 9.59 Å². The van der Waals surface area contributed by atoms with Crippen LogP contribution in [-0.2, 0) is 29.0 Å². The highest BCUT2D eigenvalue weighted by Crippen LogP contribution is 2.49. The van der Waals surface area contributed by atoms with Crippen molar-refractivity contribution >= 4 is 52.2 Å². The molecule has 0 heterocycles. The first kappa shape index (κ1) is 41.1. The van der Waals surface area contributed by atoms with Gasteiger partial charge in [0.2, 0.25) is 0 Å². The molecule has 0 amide bonds. The lowest BCUT2D eigenvalue weighted by Crippen LogP contribution is -2.39. The van der Waals surface area contributed by atoms with Gasteiger partial charge in [0.25, 0.3) is 0 Å². The summed E-state index contributed by atoms with van der Waals surface area (Å²) in [5.74, 6) is -0.754. The number of rotatable bonds is 12. The van der Waals surface area contributed by atoms with Crippen molar-refractivity contribution in [2.24, 2.45) is 17.3 Å². The number of carbonyl (C=O) groups excluding carboxylic acids is 4. The van der Waals surface area contributed by atoms with Crippen LogP contribution >= 0.6 is 0 Å². The van der Waals surface area contributed by atoms with Crippen LogP contribution in [0.1, 0.15) is 97.1 Å². The van der Waals surface area contributed by atoms with Gasteiger partial charge in [-0.3, -0.25) is 0 Å². The first-order valence-corrected chi connectivity index (χ1v) is 21.3. The molecule has 2 aliphatic rings. The van der Waals surface area contributed by atoms with Crippen molar-refractivity contribution in [2.45, 2.75) is 91.3 Å². The fraction of sp³-hybridized carbons (Fsp3) is 0.415. The third-order valence-corrected chi connectivity index (χ3v) is 14.5. The molecular weight excluding hydrogens is 709 g/mol. The van der Waals surface area contributed by atoms with Gasteiger partial charge in [0.05, 0.1) is 11.1 Å². The maximum atomic E-state index is 12.8. The maximum Gasteiger partial charge on any atom is 0.550 e. The van der Waals surface area contributed by atoms with E-state index in [4.69, 9.17) is 29.0 Å². The molecule has 2 fully saturated rings. The van der Waals surface area contributed by atoms with Crippen LogP contribution in [0.2, 0.25) is 0 Å². The Balaban J connectivity index is 1.18. The summed E-state index contributed by atoms with van der Waals surface area (Å²) in [5, 5.41) is 1.51. The molecule has 2 aromatic rings. The second kappa shape index (κ2) is 18.9. The normalized spacial score (nSPS) is 20.0. The SMILES string of the molecule is C=C[Si](C=C)c1cc(C)ccc1C(=O)OOC(=O)OC1CCC(C(C)(C)C2CCC(OC(=O)OOC(=O)c3ccc(C)cc3[Si](C=C)C=C)CC2)CC1. The van der Waals surface area contributed by atoms with Crippen LogP contribution in [0.15, 0.2) is 85.5 Å². The van der Waals surface area contributed by atoms with E-state index in [9.17, 15) is 19.2 Å². The summed E-state index contributed by atoms with van der Waals surface area (Å²) in [4.78, 5) is 69.8. The summed E-state index contributed by atoms with van der Waals surface area (Å²) in [6, 6.07) is 10.6. The van der Waals surface area contributed by atoms with Crippen molar-refractivity contribution in [3.63, 3.8) is 0 Å². The molecule has 53 heavy (non-hydrogen) atoms. The van der Waals surface area contributed by atoms with Gasteiger partial charge in [-0.05, 0) is 105 Å². The summed E-state index contributed by atoms with van der Waals surface area (Å²) in [6.07, 6.45) is 3.36. The summed E-state index contributed by atoms with van der Waals surface area (Å²) < 4.78 is 11.0. The predicted molar refractivity (Wildman–Crippen MR) is 205 cm³/mol. The predicted octanol–water partition coefficient (Wildman–Crippen LogP) is 7.90. The Morgan fingerprint density at radius 1 is 0.585 bits per heavy atom. The fourth-order valence-corrected chi connectivity index (χ4v) is 10.5. The highest BCUT2D eigenvalue weighted by Gasteiger charge is 2.42. The van der Waals surface area contributed by atoms with Gasteiger partial charge >= 0.3 is 24.2 Å². The van der Waals surface area contributed by atoms with Crippen molar-refractivity contribution < 1.29 is 48.2 Å². The summed E-state index contributed by atoms with van der Waals surface area (Å²) >= 11 is 0. The number of hydrogen-bond acceptors (Lipinski definition) is 10. The quantitative estimate of drug-likeness (QED) is 0.0914. The zero-order valence-electron chi connectivity index (χ0n) is 31.2. The van der Waals surface area contributed by atoms with Crippen LogP contribution in [0.4, 0.5) is 9.59 Å². The molecule has 2 aromatic carbocycles. The average molecular weight is 759 g/mol.